The number of rotatable bonds is 4. The van der Waals surface area contributed by atoms with Crippen molar-refractivity contribution in [3.8, 4) is 5.75 Å². The van der Waals surface area contributed by atoms with E-state index in [2.05, 4.69) is 33.3 Å². The number of nitrogens with zero attached hydrogens (tertiary/aromatic N) is 2. The minimum Gasteiger partial charge on any atom is -0.496 e. The molecular weight excluding hydrogens is 356 g/mol. The molecule has 26 heavy (non-hydrogen) atoms. The summed E-state index contributed by atoms with van der Waals surface area (Å²) in [5.74, 6) is -0.393. The smallest absolute Gasteiger partial charge is 0.273 e. The molecule has 7 nitrogen and oxygen atoms in total. The van der Waals surface area contributed by atoms with Crippen LogP contribution in [0.4, 0.5) is 0 Å². The van der Waals surface area contributed by atoms with Crippen LogP contribution < -0.4 is 15.6 Å². The Labute approximate surface area is 156 Å². The highest BCUT2D eigenvalue weighted by Crippen LogP contribution is 2.25. The predicted octanol–water partition coefficient (Wildman–Crippen LogP) is 1.99. The molecule has 1 aromatic carbocycles. The van der Waals surface area contributed by atoms with Crippen LogP contribution in [0.1, 0.15) is 29.0 Å². The highest BCUT2D eigenvalue weighted by Gasteiger charge is 2.25. The molecule has 0 saturated heterocycles. The first kappa shape index (κ1) is 18.3. The van der Waals surface area contributed by atoms with Gasteiger partial charge in [-0.3, -0.25) is 25.3 Å². The van der Waals surface area contributed by atoms with Gasteiger partial charge in [0, 0.05) is 36.0 Å². The molecule has 2 aromatic rings. The Kier molecular flexibility index (Phi) is 5.49. The number of hydrogen-bond donors (Lipinski definition) is 2. The summed E-state index contributed by atoms with van der Waals surface area (Å²) in [5, 5.41) is 0.410. The first-order valence-electron chi connectivity index (χ1n) is 8.31. The summed E-state index contributed by atoms with van der Waals surface area (Å²) in [7, 11) is 1.46. The lowest BCUT2D eigenvalue weighted by molar-refractivity contribution is -0.123. The van der Waals surface area contributed by atoms with Crippen molar-refractivity contribution >= 4 is 23.4 Å². The minimum atomic E-state index is -0.488. The van der Waals surface area contributed by atoms with Gasteiger partial charge in [0.1, 0.15) is 5.75 Å². The summed E-state index contributed by atoms with van der Waals surface area (Å²) in [6.45, 7) is 3.87. The van der Waals surface area contributed by atoms with Gasteiger partial charge in [0.2, 0.25) is 0 Å². The van der Waals surface area contributed by atoms with Gasteiger partial charge in [-0.2, -0.15) is 0 Å². The van der Waals surface area contributed by atoms with Crippen molar-refractivity contribution in [3.05, 3.63) is 52.8 Å². The molecule has 1 unspecified atom stereocenters. The summed E-state index contributed by atoms with van der Waals surface area (Å²) in [4.78, 5) is 26.6. The monoisotopic (exact) mass is 376 g/mol. The maximum absolute atomic E-state index is 12.3. The number of benzene rings is 1. The summed E-state index contributed by atoms with van der Waals surface area (Å²) >= 11 is 5.93. The maximum Gasteiger partial charge on any atom is 0.273 e. The van der Waals surface area contributed by atoms with Crippen molar-refractivity contribution in [1.29, 1.82) is 0 Å². The lowest BCUT2D eigenvalue weighted by Crippen LogP contribution is -2.48. The van der Waals surface area contributed by atoms with Gasteiger partial charge < -0.3 is 9.30 Å². The van der Waals surface area contributed by atoms with Gasteiger partial charge in [-0.25, -0.2) is 0 Å². The third-order valence-electron chi connectivity index (χ3n) is 4.54. The largest absolute Gasteiger partial charge is 0.496 e. The van der Waals surface area contributed by atoms with E-state index in [1.165, 1.54) is 18.9 Å². The number of methoxy groups -OCH3 is 1. The van der Waals surface area contributed by atoms with Crippen LogP contribution >= 0.6 is 11.6 Å². The highest BCUT2D eigenvalue weighted by molar-refractivity contribution is 6.31. The molecule has 138 valence electrons. The van der Waals surface area contributed by atoms with Crippen molar-refractivity contribution in [2.45, 2.75) is 19.5 Å². The van der Waals surface area contributed by atoms with E-state index in [0.717, 1.165) is 13.1 Å². The van der Waals surface area contributed by atoms with Crippen molar-refractivity contribution in [1.82, 2.24) is 20.3 Å². The third-order valence-corrected chi connectivity index (χ3v) is 4.77. The van der Waals surface area contributed by atoms with Gasteiger partial charge in [-0.15, -0.1) is 0 Å². The van der Waals surface area contributed by atoms with Crippen molar-refractivity contribution in [2.75, 3.05) is 20.2 Å². The predicted molar refractivity (Wildman–Crippen MR) is 98.0 cm³/mol. The molecule has 0 bridgehead atoms. The number of carbonyl (C=O) groups excluding carboxylic acids is 2. The zero-order valence-electron chi connectivity index (χ0n) is 14.7. The number of ether oxygens (including phenoxy) is 1. The first-order chi connectivity index (χ1) is 12.5. The second kappa shape index (κ2) is 7.80. The molecule has 3 rings (SSSR count). The Bertz CT molecular complexity index is 821. The van der Waals surface area contributed by atoms with Crippen LogP contribution in [-0.4, -0.2) is 41.5 Å². The van der Waals surface area contributed by atoms with Gasteiger partial charge in [-0.05, 0) is 37.3 Å². The molecule has 2 N–H and O–H groups in total. The fourth-order valence-electron chi connectivity index (χ4n) is 3.12. The van der Waals surface area contributed by atoms with Gasteiger partial charge in [0.15, 0.2) is 0 Å². The number of nitrogens with one attached hydrogen (secondary N) is 2. The van der Waals surface area contributed by atoms with E-state index in [9.17, 15) is 9.59 Å². The normalized spacial score (nSPS) is 16.7. The summed E-state index contributed by atoms with van der Waals surface area (Å²) < 4.78 is 7.33. The quantitative estimate of drug-likeness (QED) is 0.800. The number of fused-ring (bicyclic) bond motifs is 1. The number of aromatic nitrogens is 1. The van der Waals surface area contributed by atoms with Crippen LogP contribution in [0.5, 0.6) is 5.75 Å². The van der Waals surface area contributed by atoms with E-state index in [1.54, 1.807) is 12.1 Å². The van der Waals surface area contributed by atoms with Crippen LogP contribution in [0.25, 0.3) is 0 Å². The second-order valence-corrected chi connectivity index (χ2v) is 6.56. The first-order valence-corrected chi connectivity index (χ1v) is 8.69. The molecule has 0 fully saturated rings. The van der Waals surface area contributed by atoms with Crippen LogP contribution in [0.2, 0.25) is 5.02 Å². The molecule has 0 aliphatic carbocycles. The maximum atomic E-state index is 12.3. The standard InChI is InChI=1S/C18H21ClN4O3/c1-12-15-4-3-7-22(15)8-9-23(12)11-17(24)20-21-18(25)14-10-13(19)5-6-16(14)26-2/h3-7,10,12H,8-9,11H2,1-2H3,(H,20,24)(H,21,25). The van der Waals surface area contributed by atoms with Gasteiger partial charge >= 0.3 is 0 Å². The van der Waals surface area contributed by atoms with E-state index in [-0.39, 0.29) is 24.1 Å². The minimum absolute atomic E-state index is 0.133. The van der Waals surface area contributed by atoms with E-state index in [1.807, 2.05) is 12.3 Å². The molecule has 0 spiro atoms. The van der Waals surface area contributed by atoms with Crippen LogP contribution in [0, 0.1) is 0 Å². The van der Waals surface area contributed by atoms with E-state index in [4.69, 9.17) is 16.3 Å². The van der Waals surface area contributed by atoms with Crippen molar-refractivity contribution in [2.24, 2.45) is 0 Å². The Hall–Kier alpha value is -2.51. The summed E-state index contributed by atoms with van der Waals surface area (Å²) in [5.41, 5.74) is 6.29. The Morgan fingerprint density at radius 1 is 1.27 bits per heavy atom. The average molecular weight is 377 g/mol. The Morgan fingerprint density at radius 3 is 2.85 bits per heavy atom. The van der Waals surface area contributed by atoms with E-state index in [0.29, 0.717) is 10.8 Å². The van der Waals surface area contributed by atoms with Gasteiger partial charge in [0.05, 0.1) is 19.2 Å². The summed E-state index contributed by atoms with van der Waals surface area (Å²) in [6, 6.07) is 8.92. The van der Waals surface area contributed by atoms with Crippen LogP contribution in [0.15, 0.2) is 36.5 Å². The molecule has 0 radical (unpaired) electrons. The number of carbonyl (C=O) groups is 2. The van der Waals surface area contributed by atoms with Crippen molar-refractivity contribution < 1.29 is 14.3 Å². The molecule has 2 heterocycles. The molecule has 2 amide bonds. The third kappa shape index (κ3) is 3.84. The summed E-state index contributed by atoms with van der Waals surface area (Å²) in [6.07, 6.45) is 2.04. The van der Waals surface area contributed by atoms with Gasteiger partial charge in [0.25, 0.3) is 11.8 Å². The van der Waals surface area contributed by atoms with Crippen LogP contribution in [-0.2, 0) is 11.3 Å². The number of amides is 2. The van der Waals surface area contributed by atoms with Crippen LogP contribution in [0.3, 0.4) is 0 Å². The second-order valence-electron chi connectivity index (χ2n) is 6.12. The van der Waals surface area contributed by atoms with Crippen molar-refractivity contribution in [3.63, 3.8) is 0 Å². The SMILES string of the molecule is COc1ccc(Cl)cc1C(=O)NNC(=O)CN1CCn2cccc2C1C. The molecule has 1 atom stereocenters. The number of hydrogen-bond acceptors (Lipinski definition) is 4. The zero-order valence-corrected chi connectivity index (χ0v) is 15.4. The van der Waals surface area contributed by atoms with E-state index < -0.39 is 5.91 Å². The Morgan fingerprint density at radius 2 is 2.08 bits per heavy atom. The highest BCUT2D eigenvalue weighted by atomic mass is 35.5. The molecule has 1 aromatic heterocycles. The molecule has 0 saturated carbocycles. The lowest BCUT2D eigenvalue weighted by Gasteiger charge is -2.34. The lowest BCUT2D eigenvalue weighted by atomic mass is 10.1. The molecule has 1 aliphatic heterocycles. The average Bonchev–Trinajstić information content (AvgIpc) is 3.11. The van der Waals surface area contributed by atoms with Gasteiger partial charge in [-0.1, -0.05) is 11.6 Å². The fraction of sp³-hybridized carbons (Fsp3) is 0.333. The molecule has 8 heteroatoms. The number of hydrazine groups is 1. The fourth-order valence-corrected chi connectivity index (χ4v) is 3.29. The Balaban J connectivity index is 1.56. The van der Waals surface area contributed by atoms with E-state index >= 15 is 0 Å². The number of halogens is 1. The molecular formula is C18H21ClN4O3. The zero-order chi connectivity index (χ0) is 18.7. The molecule has 1 aliphatic rings. The topological polar surface area (TPSA) is 75.6 Å².